The van der Waals surface area contributed by atoms with Crippen LogP contribution in [0.3, 0.4) is 0 Å². The average Bonchev–Trinajstić information content (AvgIpc) is 3.30. The van der Waals surface area contributed by atoms with Crippen LogP contribution in [0.1, 0.15) is 30.9 Å². The number of fused-ring (bicyclic) bond motifs is 2. The Bertz CT molecular complexity index is 1620. The number of alkyl halides is 3. The van der Waals surface area contributed by atoms with Gasteiger partial charge < -0.3 is 4.74 Å². The fourth-order valence-electron chi connectivity index (χ4n) is 3.86. The largest absolute Gasteiger partial charge is 0.481 e. The van der Waals surface area contributed by atoms with Crippen molar-refractivity contribution < 1.29 is 17.9 Å². The van der Waals surface area contributed by atoms with Gasteiger partial charge in [-0.25, -0.2) is 15.0 Å². The molecule has 0 amide bonds. The number of ether oxygens (including phenoxy) is 1. The summed E-state index contributed by atoms with van der Waals surface area (Å²) in [5.41, 5.74) is 2.92. The molecule has 8 heteroatoms. The monoisotopic (exact) mass is 503 g/mol. The maximum Gasteiger partial charge on any atom is 0.416 e. The third-order valence-electron chi connectivity index (χ3n) is 5.75. The van der Waals surface area contributed by atoms with Gasteiger partial charge in [-0.3, -0.25) is 0 Å². The van der Waals surface area contributed by atoms with Crippen molar-refractivity contribution in [1.29, 1.82) is 0 Å². The van der Waals surface area contributed by atoms with Gasteiger partial charge in [-0.1, -0.05) is 44.0 Å². The normalized spacial score (nSPS) is 11.8. The van der Waals surface area contributed by atoms with E-state index in [-0.39, 0.29) is 12.1 Å². The number of terminal acetylenes is 1. The molecule has 0 spiro atoms. The zero-order valence-corrected chi connectivity index (χ0v) is 20.2. The zero-order chi connectivity index (χ0) is 25.4. The van der Waals surface area contributed by atoms with Crippen molar-refractivity contribution in [2.75, 3.05) is 6.61 Å². The Balaban J connectivity index is 1.67. The molecule has 2 heterocycles. The Morgan fingerprint density at radius 1 is 0.944 bits per heavy atom. The van der Waals surface area contributed by atoms with Crippen molar-refractivity contribution in [1.82, 2.24) is 15.0 Å². The minimum absolute atomic E-state index is 0.133. The SMILES string of the molecule is C#CCOc1ccc2nc(-c3nc4cc(C(F)(F)F)ccc4s3)nc(-c3ccc(C(C)C)cc3)c2c1. The van der Waals surface area contributed by atoms with Crippen LogP contribution in [0.5, 0.6) is 5.75 Å². The van der Waals surface area contributed by atoms with E-state index in [1.54, 1.807) is 6.07 Å². The van der Waals surface area contributed by atoms with E-state index in [1.165, 1.54) is 23.0 Å². The smallest absolute Gasteiger partial charge is 0.416 e. The highest BCUT2D eigenvalue weighted by atomic mass is 32.1. The molecule has 0 fully saturated rings. The summed E-state index contributed by atoms with van der Waals surface area (Å²) in [7, 11) is 0. The molecule has 4 nitrogen and oxygen atoms in total. The lowest BCUT2D eigenvalue weighted by atomic mass is 9.99. The van der Waals surface area contributed by atoms with Gasteiger partial charge in [-0.2, -0.15) is 13.2 Å². The van der Waals surface area contributed by atoms with E-state index >= 15 is 0 Å². The van der Waals surface area contributed by atoms with Gasteiger partial charge in [0.15, 0.2) is 10.8 Å². The first-order chi connectivity index (χ1) is 17.2. The van der Waals surface area contributed by atoms with Gasteiger partial charge in [0.05, 0.1) is 27.0 Å². The summed E-state index contributed by atoms with van der Waals surface area (Å²) < 4.78 is 45.8. The van der Waals surface area contributed by atoms with Crippen LogP contribution in [0.25, 0.3) is 43.2 Å². The van der Waals surface area contributed by atoms with Gasteiger partial charge in [-0.15, -0.1) is 17.8 Å². The Labute approximate surface area is 209 Å². The number of nitrogens with zero attached hydrogens (tertiary/aromatic N) is 3. The second kappa shape index (κ2) is 9.25. The van der Waals surface area contributed by atoms with Crippen LogP contribution < -0.4 is 4.74 Å². The van der Waals surface area contributed by atoms with Crippen LogP contribution in [0.4, 0.5) is 13.2 Å². The first-order valence-corrected chi connectivity index (χ1v) is 12.0. The highest BCUT2D eigenvalue weighted by molar-refractivity contribution is 7.21. The standard InChI is InChI=1S/C28H20F3N3OS/c1-4-13-35-20-10-11-22-21(15-20)25(18-7-5-17(6-8-18)16(2)3)34-26(32-22)27-33-23-14-19(28(29,30)31)9-12-24(23)36-27/h1,5-12,14-16H,13H2,2-3H3. The predicted octanol–water partition coefficient (Wildman–Crippen LogP) is 7.73. The molecule has 0 bridgehead atoms. The third kappa shape index (κ3) is 4.62. The number of hydrogen-bond donors (Lipinski definition) is 0. The molecular formula is C28H20F3N3OS. The minimum Gasteiger partial charge on any atom is -0.481 e. The maximum atomic E-state index is 13.2. The number of halogens is 3. The number of rotatable bonds is 5. The van der Waals surface area contributed by atoms with E-state index in [0.717, 1.165) is 23.1 Å². The van der Waals surface area contributed by atoms with Gasteiger partial charge in [0.2, 0.25) is 0 Å². The first kappa shape index (κ1) is 23.8. The Kier molecular flexibility index (Phi) is 6.10. The van der Waals surface area contributed by atoms with Crippen molar-refractivity contribution in [2.24, 2.45) is 0 Å². The van der Waals surface area contributed by atoms with Crippen molar-refractivity contribution >= 4 is 32.5 Å². The lowest BCUT2D eigenvalue weighted by Gasteiger charge is -2.11. The Morgan fingerprint density at radius 2 is 1.72 bits per heavy atom. The van der Waals surface area contributed by atoms with Crippen LogP contribution in [0.2, 0.25) is 0 Å². The van der Waals surface area contributed by atoms with Gasteiger partial charge >= 0.3 is 6.18 Å². The maximum absolute atomic E-state index is 13.2. The van der Waals surface area contributed by atoms with E-state index in [4.69, 9.17) is 16.1 Å². The van der Waals surface area contributed by atoms with Crippen molar-refractivity contribution in [3.05, 3.63) is 71.8 Å². The molecule has 0 atom stereocenters. The van der Waals surface area contributed by atoms with Gasteiger partial charge in [-0.05, 0) is 47.9 Å². The molecule has 0 radical (unpaired) electrons. The summed E-state index contributed by atoms with van der Waals surface area (Å²) in [6.45, 7) is 4.38. The van der Waals surface area contributed by atoms with E-state index in [1.807, 2.05) is 24.3 Å². The molecule has 0 unspecified atom stereocenters. The second-order valence-electron chi connectivity index (χ2n) is 8.54. The highest BCUT2D eigenvalue weighted by Crippen LogP contribution is 2.37. The number of benzene rings is 3. The van der Waals surface area contributed by atoms with Crippen molar-refractivity contribution in [3.8, 4) is 40.2 Å². The second-order valence-corrected chi connectivity index (χ2v) is 9.57. The molecule has 0 saturated carbocycles. The lowest BCUT2D eigenvalue weighted by Crippen LogP contribution is -2.03. The van der Waals surface area contributed by atoms with Crippen molar-refractivity contribution in [3.63, 3.8) is 0 Å². The molecule has 0 saturated heterocycles. The predicted molar refractivity (Wildman–Crippen MR) is 137 cm³/mol. The molecule has 2 aromatic heterocycles. The topological polar surface area (TPSA) is 47.9 Å². The molecule has 36 heavy (non-hydrogen) atoms. The molecule has 0 aliphatic rings. The van der Waals surface area contributed by atoms with Crippen LogP contribution in [0, 0.1) is 12.3 Å². The van der Waals surface area contributed by atoms with E-state index in [9.17, 15) is 13.2 Å². The fraction of sp³-hybridized carbons (Fsp3) is 0.179. The number of aromatic nitrogens is 3. The summed E-state index contributed by atoms with van der Waals surface area (Å²) in [5.74, 6) is 3.77. The highest BCUT2D eigenvalue weighted by Gasteiger charge is 2.31. The van der Waals surface area contributed by atoms with Crippen LogP contribution in [-0.4, -0.2) is 21.6 Å². The quantitative estimate of drug-likeness (QED) is 0.230. The molecule has 0 aliphatic carbocycles. The van der Waals surface area contributed by atoms with Crippen LogP contribution >= 0.6 is 11.3 Å². The average molecular weight is 504 g/mol. The number of thiazole rings is 1. The van der Waals surface area contributed by atoms with Crippen LogP contribution in [0.15, 0.2) is 60.7 Å². The summed E-state index contributed by atoms with van der Waals surface area (Å²) in [5, 5.41) is 1.21. The van der Waals surface area contributed by atoms with E-state index in [0.29, 0.717) is 38.4 Å². The van der Waals surface area contributed by atoms with E-state index in [2.05, 4.69) is 41.9 Å². The van der Waals surface area contributed by atoms with Gasteiger partial charge in [0.1, 0.15) is 12.4 Å². The Morgan fingerprint density at radius 3 is 2.42 bits per heavy atom. The minimum atomic E-state index is -4.44. The van der Waals surface area contributed by atoms with Crippen molar-refractivity contribution in [2.45, 2.75) is 25.9 Å². The summed E-state index contributed by atoms with van der Waals surface area (Å²) in [6, 6.07) is 17.1. The van der Waals surface area contributed by atoms with Gasteiger partial charge in [0.25, 0.3) is 0 Å². The molecule has 0 N–H and O–H groups in total. The first-order valence-electron chi connectivity index (χ1n) is 11.2. The molecular weight excluding hydrogens is 483 g/mol. The zero-order valence-electron chi connectivity index (χ0n) is 19.4. The summed E-state index contributed by atoms with van der Waals surface area (Å²) in [6.07, 6.45) is 0.891. The number of hydrogen-bond acceptors (Lipinski definition) is 5. The molecule has 5 aromatic rings. The van der Waals surface area contributed by atoms with E-state index < -0.39 is 11.7 Å². The molecule has 180 valence electrons. The third-order valence-corrected chi connectivity index (χ3v) is 6.78. The molecule has 0 aliphatic heterocycles. The summed E-state index contributed by atoms with van der Waals surface area (Å²) >= 11 is 1.25. The lowest BCUT2D eigenvalue weighted by molar-refractivity contribution is -0.137. The van der Waals surface area contributed by atoms with Crippen LogP contribution in [-0.2, 0) is 6.18 Å². The molecule has 5 rings (SSSR count). The van der Waals surface area contributed by atoms with Gasteiger partial charge in [0, 0.05) is 10.9 Å². The Hall–Kier alpha value is -3.96. The summed E-state index contributed by atoms with van der Waals surface area (Å²) in [4.78, 5) is 13.9. The molecule has 3 aromatic carbocycles. The fourth-order valence-corrected chi connectivity index (χ4v) is 4.74.